The van der Waals surface area contributed by atoms with Crippen LogP contribution in [0.1, 0.15) is 30.1 Å². The molecule has 1 aliphatic heterocycles. The molecule has 0 saturated carbocycles. The third kappa shape index (κ3) is 3.15. The molecule has 4 rings (SSSR count). The molecular formula is C19H21N5. The average Bonchev–Trinajstić information content (AvgIpc) is 3.12. The molecule has 5 heteroatoms. The van der Waals surface area contributed by atoms with E-state index in [0.29, 0.717) is 5.92 Å². The van der Waals surface area contributed by atoms with Crippen LogP contribution >= 0.6 is 0 Å². The standard InChI is InChI=1S/C19H21N5/c1-2-17(15-23(12-1)18-5-9-21-10-6-18)19-22-11-13-24(19)14-16-3-7-20-8-4-16/h3-11,13,17H,1-2,12,14-15H2/t17-/m1/s1. The molecule has 4 heterocycles. The van der Waals surface area contributed by atoms with Gasteiger partial charge in [0.2, 0.25) is 0 Å². The normalized spacial score (nSPS) is 17.8. The summed E-state index contributed by atoms with van der Waals surface area (Å²) >= 11 is 0. The van der Waals surface area contributed by atoms with Crippen molar-refractivity contribution in [2.75, 3.05) is 18.0 Å². The Hall–Kier alpha value is -2.69. The molecule has 0 amide bonds. The van der Waals surface area contributed by atoms with Crippen molar-refractivity contribution >= 4 is 5.69 Å². The Kier molecular flexibility index (Phi) is 4.23. The molecule has 1 atom stereocenters. The van der Waals surface area contributed by atoms with Crippen LogP contribution in [0.15, 0.2) is 61.4 Å². The maximum atomic E-state index is 4.67. The van der Waals surface area contributed by atoms with Gasteiger partial charge >= 0.3 is 0 Å². The van der Waals surface area contributed by atoms with Crippen molar-refractivity contribution in [2.24, 2.45) is 0 Å². The van der Waals surface area contributed by atoms with Crippen LogP contribution in [0.2, 0.25) is 0 Å². The minimum absolute atomic E-state index is 0.462. The third-order valence-electron chi connectivity index (χ3n) is 4.66. The largest absolute Gasteiger partial charge is 0.371 e. The van der Waals surface area contributed by atoms with Gasteiger partial charge in [-0.05, 0) is 42.7 Å². The van der Waals surface area contributed by atoms with Gasteiger partial charge in [-0.25, -0.2) is 4.98 Å². The smallest absolute Gasteiger partial charge is 0.113 e. The second kappa shape index (κ2) is 6.83. The fraction of sp³-hybridized carbons (Fsp3) is 0.316. The number of pyridine rings is 2. The molecule has 3 aromatic heterocycles. The zero-order valence-corrected chi connectivity index (χ0v) is 13.6. The van der Waals surface area contributed by atoms with Gasteiger partial charge in [-0.15, -0.1) is 0 Å². The molecule has 24 heavy (non-hydrogen) atoms. The van der Waals surface area contributed by atoms with Crippen molar-refractivity contribution < 1.29 is 0 Å². The molecule has 0 aromatic carbocycles. The Balaban J connectivity index is 1.53. The molecule has 1 fully saturated rings. The lowest BCUT2D eigenvalue weighted by atomic mass is 9.96. The van der Waals surface area contributed by atoms with Crippen LogP contribution < -0.4 is 4.90 Å². The zero-order valence-electron chi connectivity index (χ0n) is 13.6. The topological polar surface area (TPSA) is 46.8 Å². The first-order valence-corrected chi connectivity index (χ1v) is 8.45. The van der Waals surface area contributed by atoms with Crippen LogP contribution in [-0.4, -0.2) is 32.6 Å². The zero-order chi connectivity index (χ0) is 16.2. The van der Waals surface area contributed by atoms with Gasteiger partial charge in [0.15, 0.2) is 0 Å². The number of piperidine rings is 1. The van der Waals surface area contributed by atoms with Crippen molar-refractivity contribution in [1.82, 2.24) is 19.5 Å². The van der Waals surface area contributed by atoms with Gasteiger partial charge in [0, 0.05) is 68.4 Å². The number of aromatic nitrogens is 4. The second-order valence-corrected chi connectivity index (χ2v) is 6.26. The molecule has 5 nitrogen and oxygen atoms in total. The van der Waals surface area contributed by atoms with Gasteiger partial charge in [-0.1, -0.05) is 0 Å². The lowest BCUT2D eigenvalue weighted by Crippen LogP contribution is -2.35. The predicted octanol–water partition coefficient (Wildman–Crippen LogP) is 3.11. The summed E-state index contributed by atoms with van der Waals surface area (Å²) in [6.07, 6.45) is 13.8. The van der Waals surface area contributed by atoms with Crippen LogP contribution in [-0.2, 0) is 6.54 Å². The predicted molar refractivity (Wildman–Crippen MR) is 94.0 cm³/mol. The first kappa shape index (κ1) is 14.9. The number of anilines is 1. The summed E-state index contributed by atoms with van der Waals surface area (Å²) < 4.78 is 2.27. The van der Waals surface area contributed by atoms with Crippen LogP contribution in [0, 0.1) is 0 Å². The lowest BCUT2D eigenvalue weighted by Gasteiger charge is -2.34. The number of hydrogen-bond acceptors (Lipinski definition) is 4. The highest BCUT2D eigenvalue weighted by atomic mass is 15.2. The van der Waals surface area contributed by atoms with E-state index < -0.39 is 0 Å². The van der Waals surface area contributed by atoms with Gasteiger partial charge in [-0.2, -0.15) is 0 Å². The Morgan fingerprint density at radius 3 is 2.50 bits per heavy atom. The van der Waals surface area contributed by atoms with E-state index in [-0.39, 0.29) is 0 Å². The van der Waals surface area contributed by atoms with E-state index >= 15 is 0 Å². The van der Waals surface area contributed by atoms with E-state index in [1.165, 1.54) is 29.9 Å². The number of imidazole rings is 1. The van der Waals surface area contributed by atoms with Crippen LogP contribution in [0.5, 0.6) is 0 Å². The van der Waals surface area contributed by atoms with E-state index in [0.717, 1.165) is 19.6 Å². The van der Waals surface area contributed by atoms with Crippen LogP contribution in [0.25, 0.3) is 0 Å². The lowest BCUT2D eigenvalue weighted by molar-refractivity contribution is 0.476. The summed E-state index contributed by atoms with van der Waals surface area (Å²) in [6.45, 7) is 2.96. The molecule has 0 bridgehead atoms. The molecule has 1 saturated heterocycles. The van der Waals surface area contributed by atoms with Crippen LogP contribution in [0.3, 0.4) is 0 Å². The minimum Gasteiger partial charge on any atom is -0.371 e. The molecule has 0 N–H and O–H groups in total. The Labute approximate surface area is 142 Å². The van der Waals surface area contributed by atoms with Crippen molar-refractivity contribution in [3.63, 3.8) is 0 Å². The van der Waals surface area contributed by atoms with Gasteiger partial charge in [0.1, 0.15) is 5.82 Å². The molecule has 0 unspecified atom stereocenters. The van der Waals surface area contributed by atoms with E-state index in [2.05, 4.69) is 54.9 Å². The number of nitrogens with zero attached hydrogens (tertiary/aromatic N) is 5. The van der Waals surface area contributed by atoms with Crippen molar-refractivity contribution in [3.8, 4) is 0 Å². The van der Waals surface area contributed by atoms with Gasteiger partial charge in [0.05, 0.1) is 0 Å². The molecule has 0 aliphatic carbocycles. The second-order valence-electron chi connectivity index (χ2n) is 6.26. The molecule has 0 spiro atoms. The average molecular weight is 319 g/mol. The fourth-order valence-corrected chi connectivity index (χ4v) is 3.48. The molecule has 3 aromatic rings. The maximum Gasteiger partial charge on any atom is 0.113 e. The SMILES string of the molecule is c1cc(Cn2ccnc2[C@@H]2CCCN(c3ccncc3)C2)ccn1. The molecular weight excluding hydrogens is 298 g/mol. The summed E-state index contributed by atoms with van der Waals surface area (Å²) in [4.78, 5) is 15.3. The highest BCUT2D eigenvalue weighted by Gasteiger charge is 2.24. The van der Waals surface area contributed by atoms with Gasteiger partial charge in [0.25, 0.3) is 0 Å². The Morgan fingerprint density at radius 1 is 0.958 bits per heavy atom. The fourth-order valence-electron chi connectivity index (χ4n) is 3.48. The summed E-state index contributed by atoms with van der Waals surface area (Å²) in [5.41, 5.74) is 2.51. The van der Waals surface area contributed by atoms with E-state index in [4.69, 9.17) is 0 Å². The number of hydrogen-bond donors (Lipinski definition) is 0. The number of rotatable bonds is 4. The first-order valence-electron chi connectivity index (χ1n) is 8.45. The summed E-state index contributed by atoms with van der Waals surface area (Å²) in [5.74, 6) is 1.65. The highest BCUT2D eigenvalue weighted by molar-refractivity contribution is 5.45. The molecule has 122 valence electrons. The van der Waals surface area contributed by atoms with Crippen LogP contribution in [0.4, 0.5) is 5.69 Å². The molecule has 1 aliphatic rings. The Morgan fingerprint density at radius 2 is 1.71 bits per heavy atom. The third-order valence-corrected chi connectivity index (χ3v) is 4.66. The summed E-state index contributed by atoms with van der Waals surface area (Å²) in [5, 5.41) is 0. The first-order chi connectivity index (χ1) is 11.9. The maximum absolute atomic E-state index is 4.67. The van der Waals surface area contributed by atoms with Crippen molar-refractivity contribution in [2.45, 2.75) is 25.3 Å². The van der Waals surface area contributed by atoms with Gasteiger partial charge in [-0.3, -0.25) is 9.97 Å². The van der Waals surface area contributed by atoms with E-state index in [1.807, 2.05) is 31.0 Å². The van der Waals surface area contributed by atoms with Gasteiger partial charge < -0.3 is 9.47 Å². The van der Waals surface area contributed by atoms with Crippen molar-refractivity contribution in [3.05, 3.63) is 72.8 Å². The van der Waals surface area contributed by atoms with Crippen molar-refractivity contribution in [1.29, 1.82) is 0 Å². The quantitative estimate of drug-likeness (QED) is 0.741. The van der Waals surface area contributed by atoms with E-state index in [9.17, 15) is 0 Å². The summed E-state index contributed by atoms with van der Waals surface area (Å²) in [6, 6.07) is 8.31. The highest BCUT2D eigenvalue weighted by Crippen LogP contribution is 2.29. The summed E-state index contributed by atoms with van der Waals surface area (Å²) in [7, 11) is 0. The Bertz CT molecular complexity index is 769. The monoisotopic (exact) mass is 319 g/mol. The molecule has 0 radical (unpaired) electrons. The minimum atomic E-state index is 0.462. The van der Waals surface area contributed by atoms with E-state index in [1.54, 1.807) is 0 Å².